The molecule has 1 fully saturated rings. The SMILES string of the molecule is CC(C)C1CC2C=CCC(C1)C2F. The van der Waals surface area contributed by atoms with Gasteiger partial charge in [0.1, 0.15) is 6.17 Å². The highest BCUT2D eigenvalue weighted by Crippen LogP contribution is 2.43. The fraction of sp³-hybridized carbons (Fsp3) is 0.833. The average molecular weight is 182 g/mol. The topological polar surface area (TPSA) is 0 Å². The Balaban J connectivity index is 2.10. The average Bonchev–Trinajstić information content (AvgIpc) is 2.02. The quantitative estimate of drug-likeness (QED) is 0.544. The Morgan fingerprint density at radius 3 is 2.69 bits per heavy atom. The summed E-state index contributed by atoms with van der Waals surface area (Å²) >= 11 is 0. The highest BCUT2D eigenvalue weighted by Gasteiger charge is 2.38. The summed E-state index contributed by atoms with van der Waals surface area (Å²) in [5, 5.41) is 0. The maximum Gasteiger partial charge on any atom is 0.109 e. The summed E-state index contributed by atoms with van der Waals surface area (Å²) in [6.45, 7) is 4.53. The fourth-order valence-electron chi connectivity index (χ4n) is 2.83. The van der Waals surface area contributed by atoms with Gasteiger partial charge in [-0.1, -0.05) is 26.0 Å². The molecule has 0 saturated heterocycles. The molecule has 0 aromatic heterocycles. The lowest BCUT2D eigenvalue weighted by Gasteiger charge is -2.40. The van der Waals surface area contributed by atoms with Crippen molar-refractivity contribution in [1.29, 1.82) is 0 Å². The maximum absolute atomic E-state index is 13.7. The molecule has 4 unspecified atom stereocenters. The van der Waals surface area contributed by atoms with E-state index in [9.17, 15) is 4.39 Å². The van der Waals surface area contributed by atoms with E-state index >= 15 is 0 Å². The third kappa shape index (κ3) is 1.66. The van der Waals surface area contributed by atoms with Gasteiger partial charge in [-0.15, -0.1) is 0 Å². The van der Waals surface area contributed by atoms with E-state index in [0.29, 0.717) is 5.92 Å². The Labute approximate surface area is 80.2 Å². The van der Waals surface area contributed by atoms with Crippen molar-refractivity contribution in [2.75, 3.05) is 0 Å². The highest BCUT2D eigenvalue weighted by atomic mass is 19.1. The molecule has 0 amide bonds. The molecule has 0 N–H and O–H groups in total. The molecule has 0 heterocycles. The summed E-state index contributed by atoms with van der Waals surface area (Å²) in [7, 11) is 0. The smallest absolute Gasteiger partial charge is 0.109 e. The van der Waals surface area contributed by atoms with Gasteiger partial charge in [-0.05, 0) is 37.0 Å². The molecule has 0 nitrogen and oxygen atoms in total. The molecule has 2 aliphatic rings. The molecule has 74 valence electrons. The Hall–Kier alpha value is -0.330. The normalized spacial score (nSPS) is 44.0. The lowest BCUT2D eigenvalue weighted by atomic mass is 9.67. The number of fused-ring (bicyclic) bond motifs is 2. The molecular weight excluding hydrogens is 163 g/mol. The number of hydrogen-bond donors (Lipinski definition) is 0. The number of allylic oxidation sites excluding steroid dienone is 2. The summed E-state index contributed by atoms with van der Waals surface area (Å²) in [4.78, 5) is 0. The van der Waals surface area contributed by atoms with Gasteiger partial charge in [0.05, 0.1) is 0 Å². The van der Waals surface area contributed by atoms with Gasteiger partial charge in [-0.2, -0.15) is 0 Å². The zero-order chi connectivity index (χ0) is 9.42. The van der Waals surface area contributed by atoms with Crippen LogP contribution in [0.1, 0.15) is 33.1 Å². The Kier molecular flexibility index (Phi) is 2.44. The molecule has 13 heavy (non-hydrogen) atoms. The molecule has 0 aliphatic heterocycles. The first-order valence-corrected chi connectivity index (χ1v) is 5.49. The lowest BCUT2D eigenvalue weighted by molar-refractivity contribution is 0.0645. The van der Waals surface area contributed by atoms with E-state index in [1.807, 2.05) is 0 Å². The van der Waals surface area contributed by atoms with Crippen LogP contribution in [0.5, 0.6) is 0 Å². The van der Waals surface area contributed by atoms with Crippen molar-refractivity contribution in [3.8, 4) is 0 Å². The minimum Gasteiger partial charge on any atom is -0.247 e. The minimum atomic E-state index is -0.542. The van der Waals surface area contributed by atoms with Crippen LogP contribution in [0, 0.1) is 23.7 Å². The molecule has 0 spiro atoms. The van der Waals surface area contributed by atoms with E-state index in [1.54, 1.807) is 0 Å². The van der Waals surface area contributed by atoms with Crippen LogP contribution in [0.4, 0.5) is 4.39 Å². The van der Waals surface area contributed by atoms with Gasteiger partial charge >= 0.3 is 0 Å². The molecular formula is C12H19F. The Bertz CT molecular complexity index is 207. The van der Waals surface area contributed by atoms with Crippen LogP contribution >= 0.6 is 0 Å². The molecule has 4 atom stereocenters. The van der Waals surface area contributed by atoms with Crippen LogP contribution in [0.2, 0.25) is 0 Å². The third-order valence-corrected chi connectivity index (χ3v) is 3.80. The fourth-order valence-corrected chi connectivity index (χ4v) is 2.83. The lowest BCUT2D eigenvalue weighted by Crippen LogP contribution is -2.36. The van der Waals surface area contributed by atoms with Crippen LogP contribution in [0.3, 0.4) is 0 Å². The summed E-state index contributed by atoms with van der Waals surface area (Å²) in [6.07, 6.45) is 6.91. The van der Waals surface area contributed by atoms with Gasteiger partial charge < -0.3 is 0 Å². The van der Waals surface area contributed by atoms with Crippen LogP contribution in [-0.4, -0.2) is 6.17 Å². The van der Waals surface area contributed by atoms with Gasteiger partial charge in [-0.3, -0.25) is 0 Å². The van der Waals surface area contributed by atoms with E-state index in [4.69, 9.17) is 0 Å². The van der Waals surface area contributed by atoms with Crippen LogP contribution in [0.25, 0.3) is 0 Å². The summed E-state index contributed by atoms with van der Waals surface area (Å²) < 4.78 is 13.7. The molecule has 0 radical (unpaired) electrons. The zero-order valence-electron chi connectivity index (χ0n) is 8.54. The minimum absolute atomic E-state index is 0.236. The van der Waals surface area contributed by atoms with Gasteiger partial charge in [0.25, 0.3) is 0 Å². The number of hydrogen-bond acceptors (Lipinski definition) is 0. The standard InChI is InChI=1S/C12H19F/c1-8(2)11-6-9-4-3-5-10(7-11)12(9)13/h3-4,8-12H,5-7H2,1-2H3. The molecule has 1 saturated carbocycles. The first-order chi connectivity index (χ1) is 6.18. The predicted molar refractivity (Wildman–Crippen MR) is 53.2 cm³/mol. The van der Waals surface area contributed by atoms with Crippen molar-refractivity contribution < 1.29 is 4.39 Å². The third-order valence-electron chi connectivity index (χ3n) is 3.80. The van der Waals surface area contributed by atoms with Crippen LogP contribution in [-0.2, 0) is 0 Å². The zero-order valence-corrected chi connectivity index (χ0v) is 8.54. The molecule has 2 aliphatic carbocycles. The van der Waals surface area contributed by atoms with E-state index in [2.05, 4.69) is 26.0 Å². The van der Waals surface area contributed by atoms with Crippen molar-refractivity contribution in [3.05, 3.63) is 12.2 Å². The van der Waals surface area contributed by atoms with Crippen molar-refractivity contribution in [3.63, 3.8) is 0 Å². The number of alkyl halides is 1. The second kappa shape index (κ2) is 3.43. The van der Waals surface area contributed by atoms with Gasteiger partial charge in [0, 0.05) is 5.92 Å². The summed E-state index contributed by atoms with van der Waals surface area (Å²) in [5.74, 6) is 2.05. The van der Waals surface area contributed by atoms with Gasteiger partial charge in [0.15, 0.2) is 0 Å². The Morgan fingerprint density at radius 2 is 2.08 bits per heavy atom. The largest absolute Gasteiger partial charge is 0.247 e. The molecule has 1 heteroatoms. The van der Waals surface area contributed by atoms with E-state index in [0.717, 1.165) is 31.1 Å². The number of halogens is 1. The first-order valence-electron chi connectivity index (χ1n) is 5.49. The second-order valence-electron chi connectivity index (χ2n) is 5.01. The van der Waals surface area contributed by atoms with Crippen LogP contribution < -0.4 is 0 Å². The van der Waals surface area contributed by atoms with E-state index < -0.39 is 6.17 Å². The number of rotatable bonds is 1. The highest BCUT2D eigenvalue weighted by molar-refractivity contribution is 5.05. The van der Waals surface area contributed by atoms with Crippen molar-refractivity contribution in [1.82, 2.24) is 0 Å². The van der Waals surface area contributed by atoms with Crippen molar-refractivity contribution in [2.24, 2.45) is 23.7 Å². The second-order valence-corrected chi connectivity index (χ2v) is 5.01. The molecule has 2 rings (SSSR count). The predicted octanol–water partition coefficient (Wildman–Crippen LogP) is 3.58. The monoisotopic (exact) mass is 182 g/mol. The van der Waals surface area contributed by atoms with Crippen molar-refractivity contribution in [2.45, 2.75) is 39.3 Å². The van der Waals surface area contributed by atoms with E-state index in [-0.39, 0.29) is 5.92 Å². The molecule has 2 bridgehead atoms. The van der Waals surface area contributed by atoms with Gasteiger partial charge in [0.2, 0.25) is 0 Å². The van der Waals surface area contributed by atoms with Crippen molar-refractivity contribution >= 4 is 0 Å². The molecule has 0 aromatic rings. The first kappa shape index (κ1) is 9.23. The maximum atomic E-state index is 13.7. The van der Waals surface area contributed by atoms with Crippen LogP contribution in [0.15, 0.2) is 12.2 Å². The molecule has 0 aromatic carbocycles. The van der Waals surface area contributed by atoms with Gasteiger partial charge in [-0.25, -0.2) is 4.39 Å². The summed E-state index contributed by atoms with van der Waals surface area (Å²) in [6, 6.07) is 0. The Morgan fingerprint density at radius 1 is 1.31 bits per heavy atom. The van der Waals surface area contributed by atoms with E-state index in [1.165, 1.54) is 0 Å². The summed E-state index contributed by atoms with van der Waals surface area (Å²) in [5.41, 5.74) is 0.